The fraction of sp³-hybridized carbons (Fsp3) is 0.500. The molecule has 0 saturated carbocycles. The SMILES string of the molecule is COC(=O)C(C)NP(=O)(OC[C@@H]1C=C[C@H](n2cc(C)c(=O)n(CCCCCCBr)c2=O)O1)Oc1ccccc1. The summed E-state index contributed by atoms with van der Waals surface area (Å²) in [5, 5.41) is 3.51. The van der Waals surface area contributed by atoms with Crippen molar-refractivity contribution in [2.75, 3.05) is 19.0 Å². The molecule has 214 valence electrons. The van der Waals surface area contributed by atoms with Gasteiger partial charge >= 0.3 is 19.4 Å². The van der Waals surface area contributed by atoms with Gasteiger partial charge in [0.25, 0.3) is 5.56 Å². The highest BCUT2D eigenvalue weighted by atomic mass is 79.9. The molecule has 0 fully saturated rings. The molecule has 1 aromatic heterocycles. The van der Waals surface area contributed by atoms with Crippen LogP contribution in [0.15, 0.2) is 58.3 Å². The minimum atomic E-state index is -4.04. The molecule has 3 rings (SSSR count). The minimum absolute atomic E-state index is 0.195. The lowest BCUT2D eigenvalue weighted by atomic mass is 10.2. The molecule has 2 aromatic rings. The monoisotopic (exact) mass is 627 g/mol. The van der Waals surface area contributed by atoms with E-state index < -0.39 is 37.8 Å². The predicted molar refractivity (Wildman–Crippen MR) is 150 cm³/mol. The minimum Gasteiger partial charge on any atom is -0.468 e. The standard InChI is InChI=1S/C26H35BrN3O8P/c1-19-17-30(26(33)29(24(19)31)16-10-5-4-9-15-27)23-14-13-22(37-23)18-36-39(34,28-20(2)25(32)35-3)38-21-11-7-6-8-12-21/h6-8,11-14,17,20,22-23H,4-5,9-10,15-16,18H2,1-3H3,(H,28,34)/t20?,22-,23+,39?/m0/s1. The maximum atomic E-state index is 13.5. The number of hydrogen-bond acceptors (Lipinski definition) is 8. The molecular weight excluding hydrogens is 593 g/mol. The van der Waals surface area contributed by atoms with Crippen LogP contribution < -0.4 is 20.9 Å². The van der Waals surface area contributed by atoms with E-state index >= 15 is 0 Å². The van der Waals surface area contributed by atoms with Gasteiger partial charge in [0.2, 0.25) is 0 Å². The van der Waals surface area contributed by atoms with Crippen LogP contribution in [0.25, 0.3) is 0 Å². The van der Waals surface area contributed by atoms with Crippen molar-refractivity contribution < 1.29 is 27.9 Å². The molecule has 1 N–H and O–H groups in total. The Morgan fingerprint density at radius 1 is 1.15 bits per heavy atom. The third kappa shape index (κ3) is 8.74. The van der Waals surface area contributed by atoms with Crippen molar-refractivity contribution in [1.82, 2.24) is 14.2 Å². The number of aryl methyl sites for hydroxylation is 1. The van der Waals surface area contributed by atoms with Gasteiger partial charge in [0, 0.05) is 23.6 Å². The Morgan fingerprint density at radius 2 is 1.87 bits per heavy atom. The lowest BCUT2D eigenvalue weighted by molar-refractivity contribution is -0.142. The van der Waals surface area contributed by atoms with E-state index in [0.717, 1.165) is 31.0 Å². The topological polar surface area (TPSA) is 127 Å². The summed E-state index contributed by atoms with van der Waals surface area (Å²) in [4.78, 5) is 37.7. The number of ether oxygens (including phenoxy) is 2. The number of carbonyl (C=O) groups excluding carboxylic acids is 1. The van der Waals surface area contributed by atoms with Crippen molar-refractivity contribution in [1.29, 1.82) is 0 Å². The summed E-state index contributed by atoms with van der Waals surface area (Å²) in [5.41, 5.74) is -0.356. The summed E-state index contributed by atoms with van der Waals surface area (Å²) in [5.74, 6) is -0.358. The highest BCUT2D eigenvalue weighted by molar-refractivity contribution is 9.09. The number of halogens is 1. The van der Waals surface area contributed by atoms with Crippen LogP contribution >= 0.6 is 23.7 Å². The first kappa shape index (κ1) is 31.0. The van der Waals surface area contributed by atoms with Gasteiger partial charge in [-0.15, -0.1) is 0 Å². The molecule has 2 unspecified atom stereocenters. The summed E-state index contributed by atoms with van der Waals surface area (Å²) in [6, 6.07) is 7.43. The molecule has 11 nitrogen and oxygen atoms in total. The maximum Gasteiger partial charge on any atom is 0.459 e. The number of nitrogens with one attached hydrogen (secondary N) is 1. The van der Waals surface area contributed by atoms with Gasteiger partial charge in [-0.1, -0.05) is 53.0 Å². The first-order valence-corrected chi connectivity index (χ1v) is 15.4. The van der Waals surface area contributed by atoms with Gasteiger partial charge in [0.15, 0.2) is 6.23 Å². The molecule has 0 radical (unpaired) electrons. The summed E-state index contributed by atoms with van der Waals surface area (Å²) in [7, 11) is -2.82. The Bertz CT molecular complexity index is 1300. The van der Waals surface area contributed by atoms with Crippen LogP contribution in [0.5, 0.6) is 5.75 Å². The van der Waals surface area contributed by atoms with E-state index in [-0.39, 0.29) is 17.9 Å². The average Bonchev–Trinajstić information content (AvgIpc) is 3.40. The number of unbranched alkanes of at least 4 members (excludes halogenated alkanes) is 3. The second kappa shape index (κ2) is 14.8. The molecular formula is C26H35BrN3O8P. The number of hydrogen-bond donors (Lipinski definition) is 1. The Morgan fingerprint density at radius 3 is 2.56 bits per heavy atom. The average molecular weight is 628 g/mol. The van der Waals surface area contributed by atoms with E-state index in [2.05, 4.69) is 21.0 Å². The molecule has 4 atom stereocenters. The van der Waals surface area contributed by atoms with E-state index in [1.54, 1.807) is 49.4 Å². The summed E-state index contributed by atoms with van der Waals surface area (Å²) >= 11 is 3.40. The first-order valence-electron chi connectivity index (χ1n) is 12.7. The second-order valence-electron chi connectivity index (χ2n) is 9.08. The van der Waals surface area contributed by atoms with Crippen LogP contribution in [0.1, 0.15) is 44.4 Å². The second-order valence-corrected chi connectivity index (χ2v) is 11.6. The molecule has 2 heterocycles. The van der Waals surface area contributed by atoms with Crippen molar-refractivity contribution in [3.05, 3.63) is 75.1 Å². The Hall–Kier alpha value is -2.50. The maximum absolute atomic E-state index is 13.5. The van der Waals surface area contributed by atoms with Crippen LogP contribution in [0, 0.1) is 6.92 Å². The number of carbonyl (C=O) groups is 1. The van der Waals surface area contributed by atoms with E-state index in [0.29, 0.717) is 12.1 Å². The molecule has 0 saturated heterocycles. The van der Waals surface area contributed by atoms with E-state index in [1.807, 2.05) is 0 Å². The van der Waals surface area contributed by atoms with Gasteiger partial charge in [-0.3, -0.25) is 23.2 Å². The lowest BCUT2D eigenvalue weighted by Gasteiger charge is -2.24. The summed E-state index contributed by atoms with van der Waals surface area (Å²) < 4.78 is 38.0. The van der Waals surface area contributed by atoms with Crippen molar-refractivity contribution in [3.8, 4) is 5.75 Å². The van der Waals surface area contributed by atoms with Crippen LogP contribution in [0.2, 0.25) is 0 Å². The molecule has 0 bridgehead atoms. The van der Waals surface area contributed by atoms with Gasteiger partial charge in [0.05, 0.1) is 13.7 Å². The quantitative estimate of drug-likeness (QED) is 0.102. The molecule has 1 aromatic carbocycles. The molecule has 39 heavy (non-hydrogen) atoms. The number of nitrogens with zero attached hydrogens (tertiary/aromatic N) is 2. The van der Waals surface area contributed by atoms with Gasteiger partial charge in [-0.05, 0) is 44.9 Å². The Kier molecular flexibility index (Phi) is 11.7. The summed E-state index contributed by atoms with van der Waals surface area (Å²) in [6.07, 6.45) is 7.07. The van der Waals surface area contributed by atoms with Crippen molar-refractivity contribution in [3.63, 3.8) is 0 Å². The van der Waals surface area contributed by atoms with Gasteiger partial charge in [-0.2, -0.15) is 5.09 Å². The smallest absolute Gasteiger partial charge is 0.459 e. The third-order valence-corrected chi connectivity index (χ3v) is 8.20. The van der Waals surface area contributed by atoms with Gasteiger partial charge in [-0.25, -0.2) is 9.36 Å². The van der Waals surface area contributed by atoms with Gasteiger partial charge in [0.1, 0.15) is 17.9 Å². The Balaban J connectivity index is 1.69. The largest absolute Gasteiger partial charge is 0.468 e. The fourth-order valence-electron chi connectivity index (χ4n) is 3.95. The van der Waals surface area contributed by atoms with Crippen LogP contribution in [-0.4, -0.2) is 46.3 Å². The fourth-order valence-corrected chi connectivity index (χ4v) is 5.84. The zero-order valence-corrected chi connectivity index (χ0v) is 24.8. The highest BCUT2D eigenvalue weighted by Crippen LogP contribution is 2.45. The number of para-hydroxylation sites is 1. The molecule has 0 amide bonds. The zero-order valence-electron chi connectivity index (χ0n) is 22.3. The number of alkyl halides is 1. The predicted octanol–water partition coefficient (Wildman–Crippen LogP) is 4.08. The van der Waals surface area contributed by atoms with Crippen molar-refractivity contribution >= 4 is 29.6 Å². The lowest BCUT2D eigenvalue weighted by Crippen LogP contribution is -2.42. The first-order chi connectivity index (χ1) is 18.7. The van der Waals surface area contributed by atoms with Gasteiger partial charge < -0.3 is 14.0 Å². The highest BCUT2D eigenvalue weighted by Gasteiger charge is 2.34. The van der Waals surface area contributed by atoms with Crippen LogP contribution in [0.4, 0.5) is 0 Å². The zero-order chi connectivity index (χ0) is 28.4. The molecule has 1 aliphatic rings. The normalized spacial score (nSPS) is 19.0. The molecule has 0 aliphatic carbocycles. The van der Waals surface area contributed by atoms with Crippen LogP contribution in [-0.2, 0) is 29.9 Å². The van der Waals surface area contributed by atoms with E-state index in [1.165, 1.54) is 29.4 Å². The van der Waals surface area contributed by atoms with Crippen molar-refractivity contribution in [2.24, 2.45) is 0 Å². The van der Waals surface area contributed by atoms with E-state index in [9.17, 15) is 18.9 Å². The molecule has 0 spiro atoms. The summed E-state index contributed by atoms with van der Waals surface area (Å²) in [6.45, 7) is 3.27. The Labute approximate surface area is 235 Å². The number of esters is 1. The van der Waals surface area contributed by atoms with Crippen LogP contribution in [0.3, 0.4) is 0 Å². The van der Waals surface area contributed by atoms with E-state index in [4.69, 9.17) is 18.5 Å². The third-order valence-electron chi connectivity index (χ3n) is 6.00. The molecule has 13 heteroatoms. The molecule has 1 aliphatic heterocycles. The number of rotatable bonds is 15. The number of methoxy groups -OCH3 is 1. The van der Waals surface area contributed by atoms with Crippen molar-refractivity contribution in [2.45, 2.75) is 64.4 Å². The number of aromatic nitrogens is 2. The number of benzene rings is 1.